The van der Waals surface area contributed by atoms with E-state index in [1.165, 1.54) is 0 Å². The number of carbonyl (C=O) groups is 1. The predicted octanol–water partition coefficient (Wildman–Crippen LogP) is 2.63. The normalized spacial score (nSPS) is 19.0. The lowest BCUT2D eigenvalue weighted by Crippen LogP contribution is -2.36. The van der Waals surface area contributed by atoms with Crippen molar-refractivity contribution in [1.82, 2.24) is 14.9 Å². The van der Waals surface area contributed by atoms with Gasteiger partial charge in [0.15, 0.2) is 0 Å². The third-order valence-electron chi connectivity index (χ3n) is 2.67. The lowest BCUT2D eigenvalue weighted by Gasteiger charge is -2.24. The van der Waals surface area contributed by atoms with Crippen LogP contribution in [0.25, 0.3) is 0 Å². The summed E-state index contributed by atoms with van der Waals surface area (Å²) < 4.78 is 11.7. The monoisotopic (exact) mass is 343 g/mol. The van der Waals surface area contributed by atoms with Gasteiger partial charge >= 0.3 is 6.09 Å². The Bertz CT molecular complexity index is 490. The molecule has 2 rings (SSSR count). The molecule has 0 spiro atoms. The first-order chi connectivity index (χ1) is 9.33. The standard InChI is InChI=1S/C13H18BrN3O3/c1-13(2,3)20-12(18)17-5-4-9(8-17)19-11-7-15-6-10(14)16-11/h6-7,9H,4-5,8H2,1-3H3. The van der Waals surface area contributed by atoms with Crippen LogP contribution in [0.15, 0.2) is 17.0 Å². The van der Waals surface area contributed by atoms with Gasteiger partial charge in [0.1, 0.15) is 16.3 Å². The Hall–Kier alpha value is -1.37. The molecule has 1 aliphatic rings. The molecule has 1 amide bonds. The number of carbonyl (C=O) groups excluding carboxylic acids is 1. The number of ether oxygens (including phenoxy) is 2. The van der Waals surface area contributed by atoms with E-state index in [0.717, 1.165) is 6.42 Å². The van der Waals surface area contributed by atoms with Crippen molar-refractivity contribution in [3.8, 4) is 5.88 Å². The fourth-order valence-electron chi connectivity index (χ4n) is 1.87. The van der Waals surface area contributed by atoms with Crippen molar-refractivity contribution in [3.05, 3.63) is 17.0 Å². The minimum Gasteiger partial charge on any atom is -0.471 e. The van der Waals surface area contributed by atoms with Crippen LogP contribution in [0.3, 0.4) is 0 Å². The fourth-order valence-corrected chi connectivity index (χ4v) is 2.16. The molecule has 1 aliphatic heterocycles. The van der Waals surface area contributed by atoms with Gasteiger partial charge in [0.2, 0.25) is 5.88 Å². The highest BCUT2D eigenvalue weighted by atomic mass is 79.9. The molecular weight excluding hydrogens is 326 g/mol. The van der Waals surface area contributed by atoms with Crippen LogP contribution in [0.1, 0.15) is 27.2 Å². The smallest absolute Gasteiger partial charge is 0.410 e. The van der Waals surface area contributed by atoms with E-state index in [1.807, 2.05) is 20.8 Å². The highest BCUT2D eigenvalue weighted by molar-refractivity contribution is 9.10. The zero-order chi connectivity index (χ0) is 14.8. The Morgan fingerprint density at radius 3 is 2.85 bits per heavy atom. The van der Waals surface area contributed by atoms with Crippen LogP contribution in [0.5, 0.6) is 5.88 Å². The zero-order valence-electron chi connectivity index (χ0n) is 11.8. The fraction of sp³-hybridized carbons (Fsp3) is 0.615. The summed E-state index contributed by atoms with van der Waals surface area (Å²) >= 11 is 3.24. The molecule has 20 heavy (non-hydrogen) atoms. The number of rotatable bonds is 2. The second-order valence-electron chi connectivity index (χ2n) is 5.63. The maximum absolute atomic E-state index is 11.9. The van der Waals surface area contributed by atoms with Gasteiger partial charge in [0, 0.05) is 13.0 Å². The van der Waals surface area contributed by atoms with E-state index in [-0.39, 0.29) is 12.2 Å². The quantitative estimate of drug-likeness (QED) is 0.825. The van der Waals surface area contributed by atoms with E-state index in [0.29, 0.717) is 23.6 Å². The molecular formula is C13H18BrN3O3. The van der Waals surface area contributed by atoms with Gasteiger partial charge in [-0.05, 0) is 36.7 Å². The van der Waals surface area contributed by atoms with Crippen molar-refractivity contribution in [3.63, 3.8) is 0 Å². The first kappa shape index (κ1) is 15.0. The summed E-state index contributed by atoms with van der Waals surface area (Å²) in [5, 5.41) is 0. The largest absolute Gasteiger partial charge is 0.471 e. The molecule has 2 heterocycles. The van der Waals surface area contributed by atoms with Crippen LogP contribution < -0.4 is 4.74 Å². The van der Waals surface area contributed by atoms with Gasteiger partial charge in [-0.25, -0.2) is 9.78 Å². The first-order valence-corrected chi connectivity index (χ1v) is 7.25. The van der Waals surface area contributed by atoms with Crippen molar-refractivity contribution in [2.75, 3.05) is 13.1 Å². The van der Waals surface area contributed by atoms with E-state index in [2.05, 4.69) is 25.9 Å². The number of aromatic nitrogens is 2. The van der Waals surface area contributed by atoms with Crippen LogP contribution >= 0.6 is 15.9 Å². The van der Waals surface area contributed by atoms with E-state index in [4.69, 9.17) is 9.47 Å². The Balaban J connectivity index is 1.88. The minimum absolute atomic E-state index is 0.0777. The Kier molecular flexibility index (Phi) is 4.47. The molecule has 7 heteroatoms. The lowest BCUT2D eigenvalue weighted by molar-refractivity contribution is 0.0275. The maximum Gasteiger partial charge on any atom is 0.410 e. The van der Waals surface area contributed by atoms with Crippen LogP contribution in [-0.4, -0.2) is 45.8 Å². The van der Waals surface area contributed by atoms with Crippen molar-refractivity contribution in [2.45, 2.75) is 38.9 Å². The summed E-state index contributed by atoms with van der Waals surface area (Å²) in [6.07, 6.45) is 3.53. The average molecular weight is 344 g/mol. The first-order valence-electron chi connectivity index (χ1n) is 6.45. The Morgan fingerprint density at radius 1 is 1.45 bits per heavy atom. The van der Waals surface area contributed by atoms with Gasteiger partial charge in [-0.2, -0.15) is 0 Å². The van der Waals surface area contributed by atoms with Gasteiger partial charge in [-0.3, -0.25) is 4.98 Å². The molecule has 110 valence electrons. The van der Waals surface area contributed by atoms with Crippen molar-refractivity contribution in [2.24, 2.45) is 0 Å². The van der Waals surface area contributed by atoms with Crippen molar-refractivity contribution >= 4 is 22.0 Å². The van der Waals surface area contributed by atoms with Crippen LogP contribution in [0.2, 0.25) is 0 Å². The van der Waals surface area contributed by atoms with E-state index in [1.54, 1.807) is 17.3 Å². The third kappa shape index (κ3) is 4.33. The van der Waals surface area contributed by atoms with E-state index < -0.39 is 5.60 Å². The maximum atomic E-state index is 11.9. The summed E-state index contributed by atoms with van der Waals surface area (Å²) in [7, 11) is 0. The van der Waals surface area contributed by atoms with Gasteiger partial charge in [0.25, 0.3) is 0 Å². The average Bonchev–Trinajstić information content (AvgIpc) is 2.75. The molecule has 0 N–H and O–H groups in total. The van der Waals surface area contributed by atoms with Crippen molar-refractivity contribution in [1.29, 1.82) is 0 Å². The molecule has 1 fully saturated rings. The molecule has 1 unspecified atom stereocenters. The second kappa shape index (κ2) is 5.95. The number of amides is 1. The highest BCUT2D eigenvalue weighted by Crippen LogP contribution is 2.19. The molecule has 0 bridgehead atoms. The zero-order valence-corrected chi connectivity index (χ0v) is 13.4. The van der Waals surface area contributed by atoms with Gasteiger partial charge in [-0.1, -0.05) is 0 Å². The number of likely N-dealkylation sites (tertiary alicyclic amines) is 1. The van der Waals surface area contributed by atoms with Crippen LogP contribution in [0, 0.1) is 0 Å². The van der Waals surface area contributed by atoms with Crippen LogP contribution in [0.4, 0.5) is 4.79 Å². The minimum atomic E-state index is -0.480. The summed E-state index contributed by atoms with van der Waals surface area (Å²) in [6.45, 7) is 6.69. The molecule has 1 atom stereocenters. The van der Waals surface area contributed by atoms with Gasteiger partial charge in [0.05, 0.1) is 18.9 Å². The number of hydrogen-bond acceptors (Lipinski definition) is 5. The molecule has 6 nitrogen and oxygen atoms in total. The molecule has 1 aromatic heterocycles. The summed E-state index contributed by atoms with van der Waals surface area (Å²) in [5.74, 6) is 0.454. The molecule has 0 aromatic carbocycles. The molecule has 0 radical (unpaired) electrons. The van der Waals surface area contributed by atoms with Crippen LogP contribution in [-0.2, 0) is 4.74 Å². The Morgan fingerprint density at radius 2 is 2.20 bits per heavy atom. The summed E-state index contributed by atoms with van der Waals surface area (Å²) in [4.78, 5) is 21.7. The molecule has 0 saturated carbocycles. The number of hydrogen-bond donors (Lipinski definition) is 0. The summed E-state index contributed by atoms with van der Waals surface area (Å²) in [6, 6.07) is 0. The lowest BCUT2D eigenvalue weighted by atomic mass is 10.2. The molecule has 1 saturated heterocycles. The SMILES string of the molecule is CC(C)(C)OC(=O)N1CCC(Oc2cncc(Br)n2)C1. The van der Waals surface area contributed by atoms with Gasteiger partial charge < -0.3 is 14.4 Å². The summed E-state index contributed by atoms with van der Waals surface area (Å²) in [5.41, 5.74) is -0.480. The second-order valence-corrected chi connectivity index (χ2v) is 6.45. The van der Waals surface area contributed by atoms with E-state index in [9.17, 15) is 4.79 Å². The molecule has 1 aromatic rings. The third-order valence-corrected chi connectivity index (χ3v) is 3.05. The van der Waals surface area contributed by atoms with Gasteiger partial charge in [-0.15, -0.1) is 0 Å². The topological polar surface area (TPSA) is 64.5 Å². The highest BCUT2D eigenvalue weighted by Gasteiger charge is 2.31. The number of nitrogens with zero attached hydrogens (tertiary/aromatic N) is 3. The van der Waals surface area contributed by atoms with E-state index >= 15 is 0 Å². The van der Waals surface area contributed by atoms with Crippen molar-refractivity contribution < 1.29 is 14.3 Å². The molecule has 0 aliphatic carbocycles. The predicted molar refractivity (Wildman–Crippen MR) is 76.6 cm³/mol. The Labute approximate surface area is 126 Å². The number of halogens is 1.